The third-order valence-electron chi connectivity index (χ3n) is 5.07. The lowest BCUT2D eigenvalue weighted by Gasteiger charge is -2.13. The van der Waals surface area contributed by atoms with Crippen molar-refractivity contribution in [3.8, 4) is 0 Å². The Morgan fingerprint density at radius 3 is 1.25 bits per heavy atom. The van der Waals surface area contributed by atoms with Gasteiger partial charge in [-0.05, 0) is 36.8 Å². The van der Waals surface area contributed by atoms with E-state index in [2.05, 4.69) is 26.0 Å². The summed E-state index contributed by atoms with van der Waals surface area (Å²) in [5, 5.41) is 0. The topological polar surface area (TPSA) is 52.0 Å². The molecule has 0 aliphatic carbocycles. The van der Waals surface area contributed by atoms with Crippen LogP contribution in [0.1, 0.15) is 102 Å². The molecule has 0 saturated carbocycles. The molecule has 4 N–H and O–H groups in total. The van der Waals surface area contributed by atoms with Gasteiger partial charge in [0.1, 0.15) is 0 Å². The van der Waals surface area contributed by atoms with Gasteiger partial charge in [-0.2, -0.15) is 0 Å². The molecule has 0 fully saturated rings. The Bertz CT molecular complexity index is 399. The van der Waals surface area contributed by atoms with Crippen molar-refractivity contribution in [2.45, 2.75) is 104 Å². The first-order valence-corrected chi connectivity index (χ1v) is 10.4. The average molecular weight is 333 g/mol. The molecule has 138 valence electrons. The fourth-order valence-corrected chi connectivity index (χ4v) is 3.35. The first-order chi connectivity index (χ1) is 11.7. The van der Waals surface area contributed by atoms with Crippen LogP contribution in [0, 0.1) is 0 Å². The summed E-state index contributed by atoms with van der Waals surface area (Å²) in [7, 11) is 0. The van der Waals surface area contributed by atoms with Gasteiger partial charge >= 0.3 is 0 Å². The molecule has 2 heteroatoms. The quantitative estimate of drug-likeness (QED) is 0.296. The standard InChI is InChI=1S/C22H40N2/c1-3-5-7-9-11-13-15-19-17-18-20(22(24)21(19)23)16-14-12-10-8-6-4-2/h17-18H,3-16,23-24H2,1-2H3. The van der Waals surface area contributed by atoms with Crippen molar-refractivity contribution in [2.75, 3.05) is 11.5 Å². The average Bonchev–Trinajstić information content (AvgIpc) is 2.59. The Hall–Kier alpha value is -1.18. The van der Waals surface area contributed by atoms with Crippen molar-refractivity contribution in [1.82, 2.24) is 0 Å². The summed E-state index contributed by atoms with van der Waals surface area (Å²) < 4.78 is 0. The Morgan fingerprint density at radius 1 is 0.542 bits per heavy atom. The van der Waals surface area contributed by atoms with Crippen molar-refractivity contribution in [3.63, 3.8) is 0 Å². The molecule has 2 nitrogen and oxygen atoms in total. The van der Waals surface area contributed by atoms with Crippen molar-refractivity contribution in [3.05, 3.63) is 23.3 Å². The van der Waals surface area contributed by atoms with E-state index in [0.717, 1.165) is 24.2 Å². The van der Waals surface area contributed by atoms with Crippen molar-refractivity contribution in [2.24, 2.45) is 0 Å². The summed E-state index contributed by atoms with van der Waals surface area (Å²) in [4.78, 5) is 0. The summed E-state index contributed by atoms with van der Waals surface area (Å²) in [6.07, 6.45) is 18.0. The van der Waals surface area contributed by atoms with Crippen LogP contribution in [0.3, 0.4) is 0 Å². The van der Waals surface area contributed by atoms with E-state index < -0.39 is 0 Å². The number of unbranched alkanes of at least 4 members (excludes halogenated alkanes) is 10. The maximum atomic E-state index is 6.29. The van der Waals surface area contributed by atoms with Gasteiger partial charge in [0, 0.05) is 0 Å². The van der Waals surface area contributed by atoms with Crippen molar-refractivity contribution in [1.29, 1.82) is 0 Å². The molecule has 0 unspecified atom stereocenters. The van der Waals surface area contributed by atoms with E-state index in [1.165, 1.54) is 88.2 Å². The molecule has 0 aliphatic heterocycles. The predicted molar refractivity (Wildman–Crippen MR) is 109 cm³/mol. The molecule has 24 heavy (non-hydrogen) atoms. The summed E-state index contributed by atoms with van der Waals surface area (Å²) in [5.41, 5.74) is 16.8. The van der Waals surface area contributed by atoms with Crippen LogP contribution >= 0.6 is 0 Å². The second kappa shape index (κ2) is 13.1. The Balaban J connectivity index is 2.34. The summed E-state index contributed by atoms with van der Waals surface area (Å²) >= 11 is 0. The van der Waals surface area contributed by atoms with Crippen LogP contribution in [0.15, 0.2) is 12.1 Å². The molecule has 0 spiro atoms. The highest BCUT2D eigenvalue weighted by Gasteiger charge is 2.08. The van der Waals surface area contributed by atoms with E-state index in [9.17, 15) is 0 Å². The molecule has 0 heterocycles. The highest BCUT2D eigenvalue weighted by molar-refractivity contribution is 5.71. The minimum Gasteiger partial charge on any atom is -0.397 e. The highest BCUT2D eigenvalue weighted by Crippen LogP contribution is 2.27. The zero-order valence-electron chi connectivity index (χ0n) is 16.2. The maximum absolute atomic E-state index is 6.29. The number of hydrogen-bond acceptors (Lipinski definition) is 2. The molecule has 1 aromatic carbocycles. The number of benzene rings is 1. The number of nitrogens with two attached hydrogens (primary N) is 2. The van der Waals surface area contributed by atoms with Crippen molar-refractivity contribution < 1.29 is 0 Å². The van der Waals surface area contributed by atoms with Gasteiger partial charge in [-0.3, -0.25) is 0 Å². The van der Waals surface area contributed by atoms with Gasteiger partial charge in [-0.25, -0.2) is 0 Å². The Labute approximate surface area is 150 Å². The molecular formula is C22H40N2. The first kappa shape index (κ1) is 20.9. The van der Waals surface area contributed by atoms with E-state index in [1.54, 1.807) is 0 Å². The first-order valence-electron chi connectivity index (χ1n) is 10.4. The summed E-state index contributed by atoms with van der Waals surface area (Å²) in [6, 6.07) is 4.42. The monoisotopic (exact) mass is 332 g/mol. The van der Waals surface area contributed by atoms with Gasteiger partial charge in [0.05, 0.1) is 11.4 Å². The number of hydrogen-bond donors (Lipinski definition) is 2. The Kier molecular flexibility index (Phi) is 11.4. The molecule has 0 radical (unpaired) electrons. The lowest BCUT2D eigenvalue weighted by atomic mass is 9.97. The summed E-state index contributed by atoms with van der Waals surface area (Å²) in [6.45, 7) is 4.52. The van der Waals surface area contributed by atoms with Crippen molar-refractivity contribution >= 4 is 11.4 Å². The molecule has 0 bridgehead atoms. The fraction of sp³-hybridized carbons (Fsp3) is 0.727. The van der Waals surface area contributed by atoms with Gasteiger partial charge in [0.2, 0.25) is 0 Å². The molecule has 1 rings (SSSR count). The van der Waals surface area contributed by atoms with Gasteiger partial charge < -0.3 is 11.5 Å². The van der Waals surface area contributed by atoms with Gasteiger partial charge in [0.15, 0.2) is 0 Å². The molecule has 0 aromatic heterocycles. The molecule has 0 atom stereocenters. The van der Waals surface area contributed by atoms with Crippen LogP contribution < -0.4 is 11.5 Å². The largest absolute Gasteiger partial charge is 0.397 e. The Morgan fingerprint density at radius 2 is 0.875 bits per heavy atom. The smallest absolute Gasteiger partial charge is 0.0583 e. The maximum Gasteiger partial charge on any atom is 0.0583 e. The van der Waals surface area contributed by atoms with E-state index >= 15 is 0 Å². The predicted octanol–water partition coefficient (Wildman–Crippen LogP) is 6.66. The minimum atomic E-state index is 0.840. The molecule has 1 aromatic rings. The number of anilines is 2. The number of aryl methyl sites for hydroxylation is 2. The second-order valence-corrected chi connectivity index (χ2v) is 7.25. The molecule has 0 amide bonds. The normalized spacial score (nSPS) is 11.1. The van der Waals surface area contributed by atoms with Crippen LogP contribution in [-0.2, 0) is 12.8 Å². The van der Waals surface area contributed by atoms with E-state index in [-0.39, 0.29) is 0 Å². The zero-order chi connectivity index (χ0) is 17.6. The lowest BCUT2D eigenvalue weighted by Crippen LogP contribution is -2.04. The van der Waals surface area contributed by atoms with Crippen LogP contribution in [-0.4, -0.2) is 0 Å². The summed E-state index contributed by atoms with van der Waals surface area (Å²) in [5.74, 6) is 0. The second-order valence-electron chi connectivity index (χ2n) is 7.25. The zero-order valence-corrected chi connectivity index (χ0v) is 16.2. The van der Waals surface area contributed by atoms with Gasteiger partial charge in [-0.1, -0.05) is 90.2 Å². The van der Waals surface area contributed by atoms with Crippen LogP contribution in [0.2, 0.25) is 0 Å². The molecule has 0 aliphatic rings. The van der Waals surface area contributed by atoms with Gasteiger partial charge in [0.25, 0.3) is 0 Å². The SMILES string of the molecule is CCCCCCCCc1ccc(CCCCCCCC)c(N)c1N. The van der Waals surface area contributed by atoms with Crippen LogP contribution in [0.5, 0.6) is 0 Å². The number of rotatable bonds is 14. The van der Waals surface area contributed by atoms with E-state index in [4.69, 9.17) is 11.5 Å². The van der Waals surface area contributed by atoms with Crippen LogP contribution in [0.25, 0.3) is 0 Å². The van der Waals surface area contributed by atoms with Crippen LogP contribution in [0.4, 0.5) is 11.4 Å². The molecule has 0 saturated heterocycles. The lowest BCUT2D eigenvalue weighted by molar-refractivity contribution is 0.606. The molecular weight excluding hydrogens is 292 g/mol. The fourth-order valence-electron chi connectivity index (χ4n) is 3.35. The number of nitrogen functional groups attached to an aromatic ring is 2. The third kappa shape index (κ3) is 8.08. The highest BCUT2D eigenvalue weighted by atomic mass is 14.7. The third-order valence-corrected chi connectivity index (χ3v) is 5.07. The van der Waals surface area contributed by atoms with Gasteiger partial charge in [-0.15, -0.1) is 0 Å². The van der Waals surface area contributed by atoms with E-state index in [1.807, 2.05) is 0 Å². The van der Waals surface area contributed by atoms with E-state index in [0.29, 0.717) is 0 Å². The minimum absolute atomic E-state index is 0.840.